The molecule has 1 N–H and O–H groups in total. The topological polar surface area (TPSA) is 34.2 Å². The third kappa shape index (κ3) is 2.92. The molecule has 0 unspecified atom stereocenters. The molecule has 0 saturated heterocycles. The second kappa shape index (κ2) is 5.82. The summed E-state index contributed by atoms with van der Waals surface area (Å²) in [5.74, 6) is 0.113. The average Bonchev–Trinajstić information content (AvgIpc) is 2.39. The van der Waals surface area contributed by atoms with Crippen molar-refractivity contribution in [2.45, 2.75) is 26.9 Å². The number of nitrogens with zero attached hydrogens (tertiary/aromatic N) is 1. The zero-order chi connectivity index (χ0) is 13.8. The van der Waals surface area contributed by atoms with Crippen LogP contribution in [0.15, 0.2) is 24.3 Å². The van der Waals surface area contributed by atoms with Crippen molar-refractivity contribution in [2.75, 3.05) is 11.9 Å². The SMILES string of the molecule is CCNc1cc(CC)nc2c(OC(F)F)cccc12. The van der Waals surface area contributed by atoms with Gasteiger partial charge >= 0.3 is 6.61 Å². The van der Waals surface area contributed by atoms with Crippen LogP contribution in [-0.2, 0) is 6.42 Å². The number of nitrogens with one attached hydrogen (secondary N) is 1. The van der Waals surface area contributed by atoms with Gasteiger partial charge in [-0.3, -0.25) is 0 Å². The first-order chi connectivity index (χ1) is 9.15. The van der Waals surface area contributed by atoms with E-state index in [-0.39, 0.29) is 5.75 Å². The van der Waals surface area contributed by atoms with Crippen molar-refractivity contribution < 1.29 is 13.5 Å². The van der Waals surface area contributed by atoms with Crippen LogP contribution >= 0.6 is 0 Å². The van der Waals surface area contributed by atoms with E-state index >= 15 is 0 Å². The van der Waals surface area contributed by atoms with Gasteiger partial charge in [0.15, 0.2) is 5.75 Å². The number of ether oxygens (including phenoxy) is 1. The molecule has 1 aromatic heterocycles. The van der Waals surface area contributed by atoms with Gasteiger partial charge in [-0.1, -0.05) is 19.1 Å². The van der Waals surface area contributed by atoms with E-state index in [0.717, 1.165) is 29.7 Å². The number of alkyl halides is 2. The molecule has 0 saturated carbocycles. The van der Waals surface area contributed by atoms with Crippen molar-refractivity contribution >= 4 is 16.6 Å². The molecule has 0 fully saturated rings. The molecule has 0 aliphatic carbocycles. The second-order valence-electron chi connectivity index (χ2n) is 4.08. The number of pyridine rings is 1. The van der Waals surface area contributed by atoms with Gasteiger partial charge in [0.2, 0.25) is 0 Å². The van der Waals surface area contributed by atoms with Gasteiger partial charge in [-0.2, -0.15) is 8.78 Å². The summed E-state index contributed by atoms with van der Waals surface area (Å²) in [5, 5.41) is 4.01. The molecule has 3 nitrogen and oxygen atoms in total. The van der Waals surface area contributed by atoms with Gasteiger partial charge in [-0.15, -0.1) is 0 Å². The van der Waals surface area contributed by atoms with Crippen LogP contribution < -0.4 is 10.1 Å². The summed E-state index contributed by atoms with van der Waals surface area (Å²) in [5.41, 5.74) is 2.20. The van der Waals surface area contributed by atoms with Crippen molar-refractivity contribution in [3.05, 3.63) is 30.0 Å². The van der Waals surface area contributed by atoms with Gasteiger partial charge in [-0.05, 0) is 25.5 Å². The van der Waals surface area contributed by atoms with Crippen LogP contribution in [0.25, 0.3) is 10.9 Å². The second-order valence-corrected chi connectivity index (χ2v) is 4.08. The fourth-order valence-electron chi connectivity index (χ4n) is 1.98. The predicted octanol–water partition coefficient (Wildman–Crippen LogP) is 3.83. The number of aromatic nitrogens is 1. The first-order valence-corrected chi connectivity index (χ1v) is 6.27. The van der Waals surface area contributed by atoms with Crippen molar-refractivity contribution in [3.63, 3.8) is 0 Å². The summed E-state index contributed by atoms with van der Waals surface area (Å²) in [7, 11) is 0. The van der Waals surface area contributed by atoms with Crippen LogP contribution in [0, 0.1) is 0 Å². The van der Waals surface area contributed by atoms with Crippen molar-refractivity contribution in [2.24, 2.45) is 0 Å². The molecule has 0 atom stereocenters. The number of hydrogen-bond acceptors (Lipinski definition) is 3. The van der Waals surface area contributed by atoms with Gasteiger partial charge in [0, 0.05) is 23.3 Å². The van der Waals surface area contributed by atoms with Crippen molar-refractivity contribution in [1.29, 1.82) is 0 Å². The highest BCUT2D eigenvalue weighted by atomic mass is 19.3. The Labute approximate surface area is 110 Å². The highest BCUT2D eigenvalue weighted by Crippen LogP contribution is 2.31. The summed E-state index contributed by atoms with van der Waals surface area (Å²) in [4.78, 5) is 4.39. The molecule has 102 valence electrons. The fourth-order valence-corrected chi connectivity index (χ4v) is 1.98. The van der Waals surface area contributed by atoms with Gasteiger partial charge in [0.05, 0.1) is 0 Å². The lowest BCUT2D eigenvalue weighted by Crippen LogP contribution is -2.05. The van der Waals surface area contributed by atoms with E-state index in [9.17, 15) is 8.78 Å². The van der Waals surface area contributed by atoms with E-state index in [2.05, 4.69) is 15.0 Å². The first-order valence-electron chi connectivity index (χ1n) is 6.27. The van der Waals surface area contributed by atoms with Crippen LogP contribution in [0.1, 0.15) is 19.5 Å². The number of benzene rings is 1. The Morgan fingerprint density at radius 2 is 2.11 bits per heavy atom. The van der Waals surface area contributed by atoms with Crippen LogP contribution in [0.4, 0.5) is 14.5 Å². The fraction of sp³-hybridized carbons (Fsp3) is 0.357. The van der Waals surface area contributed by atoms with Crippen LogP contribution in [0.3, 0.4) is 0 Å². The van der Waals surface area contributed by atoms with Gasteiger partial charge in [0.1, 0.15) is 5.52 Å². The third-order valence-corrected chi connectivity index (χ3v) is 2.80. The Morgan fingerprint density at radius 3 is 2.74 bits per heavy atom. The lowest BCUT2D eigenvalue weighted by atomic mass is 10.1. The van der Waals surface area contributed by atoms with Gasteiger partial charge in [0.25, 0.3) is 0 Å². The van der Waals surface area contributed by atoms with E-state index in [1.807, 2.05) is 26.0 Å². The molecule has 1 heterocycles. The number of rotatable bonds is 5. The maximum atomic E-state index is 12.4. The number of hydrogen-bond donors (Lipinski definition) is 1. The summed E-state index contributed by atoms with van der Waals surface area (Å²) in [6, 6.07) is 6.99. The highest BCUT2D eigenvalue weighted by molar-refractivity contribution is 5.95. The molecule has 0 spiro atoms. The number of fused-ring (bicyclic) bond motifs is 1. The quantitative estimate of drug-likeness (QED) is 0.893. The molecule has 0 amide bonds. The summed E-state index contributed by atoms with van der Waals surface area (Å²) in [6.45, 7) is 1.86. The number of anilines is 1. The van der Waals surface area contributed by atoms with Crippen LogP contribution in [-0.4, -0.2) is 18.1 Å². The number of para-hydroxylation sites is 1. The Hall–Kier alpha value is -1.91. The Balaban J connectivity index is 2.62. The Bertz CT molecular complexity index is 573. The molecule has 2 rings (SSSR count). The van der Waals surface area contributed by atoms with Crippen molar-refractivity contribution in [3.8, 4) is 5.75 Å². The summed E-state index contributed by atoms with van der Waals surface area (Å²) < 4.78 is 29.4. The van der Waals surface area contributed by atoms with E-state index in [4.69, 9.17) is 0 Å². The standard InChI is InChI=1S/C14H16F2N2O/c1-3-9-8-11(17-4-2)10-6-5-7-12(13(10)18-9)19-14(15)16/h5-8,14H,3-4H2,1-2H3,(H,17,18). The molecule has 5 heteroatoms. The van der Waals surface area contributed by atoms with Crippen LogP contribution in [0.2, 0.25) is 0 Å². The predicted molar refractivity (Wildman–Crippen MR) is 71.9 cm³/mol. The smallest absolute Gasteiger partial charge is 0.387 e. The van der Waals surface area contributed by atoms with Gasteiger partial charge < -0.3 is 10.1 Å². The normalized spacial score (nSPS) is 11.0. The molecular weight excluding hydrogens is 250 g/mol. The van der Waals surface area contributed by atoms with E-state index in [1.165, 1.54) is 6.07 Å². The molecule has 0 radical (unpaired) electrons. The molecule has 1 aromatic carbocycles. The Morgan fingerprint density at radius 1 is 1.32 bits per heavy atom. The minimum absolute atomic E-state index is 0.113. The maximum absolute atomic E-state index is 12.4. The summed E-state index contributed by atoms with van der Waals surface area (Å²) >= 11 is 0. The third-order valence-electron chi connectivity index (χ3n) is 2.80. The molecule has 0 bridgehead atoms. The van der Waals surface area contributed by atoms with E-state index in [0.29, 0.717) is 5.52 Å². The molecule has 2 aromatic rings. The summed E-state index contributed by atoms with van der Waals surface area (Å²) in [6.07, 6.45) is 0.733. The largest absolute Gasteiger partial charge is 0.432 e. The maximum Gasteiger partial charge on any atom is 0.387 e. The lowest BCUT2D eigenvalue weighted by molar-refractivity contribution is -0.0489. The van der Waals surface area contributed by atoms with E-state index < -0.39 is 6.61 Å². The van der Waals surface area contributed by atoms with Crippen molar-refractivity contribution in [1.82, 2.24) is 4.98 Å². The number of halogens is 2. The zero-order valence-electron chi connectivity index (χ0n) is 10.9. The Kier molecular flexibility index (Phi) is 4.14. The van der Waals surface area contributed by atoms with Crippen LogP contribution in [0.5, 0.6) is 5.75 Å². The highest BCUT2D eigenvalue weighted by Gasteiger charge is 2.12. The monoisotopic (exact) mass is 266 g/mol. The lowest BCUT2D eigenvalue weighted by Gasteiger charge is -2.13. The minimum atomic E-state index is -2.85. The zero-order valence-corrected chi connectivity index (χ0v) is 10.9. The van der Waals surface area contributed by atoms with Gasteiger partial charge in [-0.25, -0.2) is 4.98 Å². The molecule has 19 heavy (non-hydrogen) atoms. The average molecular weight is 266 g/mol. The first kappa shape index (κ1) is 13.5. The number of aryl methyl sites for hydroxylation is 1. The molecule has 0 aliphatic rings. The minimum Gasteiger partial charge on any atom is -0.432 e. The van der Waals surface area contributed by atoms with E-state index in [1.54, 1.807) is 6.07 Å². The molecular formula is C14H16F2N2O. The molecule has 0 aliphatic heterocycles.